The zero-order chi connectivity index (χ0) is 27.2. The number of methoxy groups -OCH3 is 2. The fourth-order valence-corrected chi connectivity index (χ4v) is 4.05. The lowest BCUT2D eigenvalue weighted by Gasteiger charge is -2.13. The van der Waals surface area contributed by atoms with E-state index in [1.807, 2.05) is 30.3 Å². The number of carbonyl (C=O) groups is 2. The normalized spacial score (nSPS) is 10.7. The number of nitrogens with one attached hydrogen (secondary N) is 1. The predicted octanol–water partition coefficient (Wildman–Crippen LogP) is 5.93. The molecule has 0 aliphatic heterocycles. The van der Waals surface area contributed by atoms with Gasteiger partial charge in [-0.2, -0.15) is 0 Å². The number of aromatic nitrogens is 1. The minimum atomic E-state index is -1.16. The minimum Gasteiger partial charge on any atom is -0.493 e. The molecule has 1 amide bonds. The highest BCUT2D eigenvalue weighted by molar-refractivity contribution is 6.11. The summed E-state index contributed by atoms with van der Waals surface area (Å²) in [4.78, 5) is 26.4. The molecule has 7 nitrogen and oxygen atoms in total. The van der Waals surface area contributed by atoms with E-state index in [1.54, 1.807) is 35.9 Å². The molecule has 0 aliphatic rings. The van der Waals surface area contributed by atoms with Gasteiger partial charge in [-0.25, -0.2) is 13.6 Å². The molecule has 0 radical (unpaired) electrons. The molecule has 4 aromatic rings. The first-order chi connectivity index (χ1) is 18.4. The molecule has 1 heterocycles. The van der Waals surface area contributed by atoms with E-state index in [0.717, 1.165) is 23.8 Å². The van der Waals surface area contributed by atoms with Crippen LogP contribution in [0.15, 0.2) is 72.9 Å². The summed E-state index contributed by atoms with van der Waals surface area (Å²) in [6.07, 6.45) is 1.72. The maximum absolute atomic E-state index is 13.9. The third-order valence-corrected chi connectivity index (χ3v) is 5.86. The number of hydrogen-bond donors (Lipinski definition) is 1. The Morgan fingerprint density at radius 3 is 2.29 bits per heavy atom. The van der Waals surface area contributed by atoms with Crippen molar-refractivity contribution in [1.82, 2.24) is 4.57 Å². The fraction of sp³-hybridized carbons (Fsp3) is 0.172. The molecule has 0 spiro atoms. The van der Waals surface area contributed by atoms with Gasteiger partial charge in [-0.15, -0.1) is 0 Å². The molecule has 0 fully saturated rings. The van der Waals surface area contributed by atoms with Gasteiger partial charge < -0.3 is 24.1 Å². The van der Waals surface area contributed by atoms with Gasteiger partial charge in [-0.05, 0) is 48.4 Å². The first-order valence-corrected chi connectivity index (χ1v) is 11.8. The van der Waals surface area contributed by atoms with Gasteiger partial charge in [0.15, 0.2) is 28.8 Å². The molecule has 0 atom stereocenters. The van der Waals surface area contributed by atoms with Crippen LogP contribution in [0.1, 0.15) is 33.3 Å². The SMILES string of the molecule is CCOC(=O)c1c(NC(=O)c2ccc(F)c(F)c2)c(-c2ccc(OC)c(OC)c2)cn1Cc1ccccc1. The highest BCUT2D eigenvalue weighted by Gasteiger charge is 2.27. The summed E-state index contributed by atoms with van der Waals surface area (Å²) in [5.41, 5.74) is 2.14. The largest absolute Gasteiger partial charge is 0.493 e. The van der Waals surface area contributed by atoms with E-state index >= 15 is 0 Å². The van der Waals surface area contributed by atoms with Crippen LogP contribution in [0.3, 0.4) is 0 Å². The van der Waals surface area contributed by atoms with E-state index in [0.29, 0.717) is 29.2 Å². The summed E-state index contributed by atoms with van der Waals surface area (Å²) in [5.74, 6) is -2.68. The maximum atomic E-state index is 13.9. The number of nitrogens with zero attached hydrogens (tertiary/aromatic N) is 1. The van der Waals surface area contributed by atoms with E-state index in [-0.39, 0.29) is 23.6 Å². The fourth-order valence-electron chi connectivity index (χ4n) is 4.05. The highest BCUT2D eigenvalue weighted by Crippen LogP contribution is 2.39. The number of amides is 1. The zero-order valence-corrected chi connectivity index (χ0v) is 21.1. The van der Waals surface area contributed by atoms with Gasteiger partial charge >= 0.3 is 5.97 Å². The van der Waals surface area contributed by atoms with Crippen LogP contribution in [-0.2, 0) is 11.3 Å². The van der Waals surface area contributed by atoms with E-state index < -0.39 is 23.5 Å². The second-order valence-electron chi connectivity index (χ2n) is 8.25. The molecule has 0 unspecified atom stereocenters. The molecular weight excluding hydrogens is 494 g/mol. The van der Waals surface area contributed by atoms with Gasteiger partial charge in [0, 0.05) is 23.9 Å². The standard InChI is InChI=1S/C29H26F2N2O5/c1-4-38-29(35)27-26(32-28(34)20-10-12-22(30)23(31)14-20)21(17-33(27)16-18-8-6-5-7-9-18)19-11-13-24(36-2)25(15-19)37-3/h5-15,17H,4,16H2,1-3H3,(H,32,34). The second kappa shape index (κ2) is 11.6. The number of hydrogen-bond acceptors (Lipinski definition) is 5. The van der Waals surface area contributed by atoms with Crippen molar-refractivity contribution in [3.63, 3.8) is 0 Å². The lowest BCUT2D eigenvalue weighted by molar-refractivity contribution is 0.0515. The minimum absolute atomic E-state index is 0.0939. The van der Waals surface area contributed by atoms with Crippen molar-refractivity contribution in [2.45, 2.75) is 13.5 Å². The van der Waals surface area contributed by atoms with Crippen LogP contribution in [0.25, 0.3) is 11.1 Å². The highest BCUT2D eigenvalue weighted by atomic mass is 19.2. The lowest BCUT2D eigenvalue weighted by atomic mass is 10.1. The number of esters is 1. The molecule has 1 N–H and O–H groups in total. The molecule has 196 valence electrons. The molecule has 3 aromatic carbocycles. The number of rotatable bonds is 9. The third-order valence-electron chi connectivity index (χ3n) is 5.86. The van der Waals surface area contributed by atoms with Gasteiger partial charge in [-0.1, -0.05) is 36.4 Å². The predicted molar refractivity (Wildman–Crippen MR) is 139 cm³/mol. The van der Waals surface area contributed by atoms with Crippen molar-refractivity contribution < 1.29 is 32.6 Å². The molecule has 4 rings (SSSR count). The molecular formula is C29H26F2N2O5. The summed E-state index contributed by atoms with van der Waals surface area (Å²) in [7, 11) is 3.01. The Kier molecular flexibility index (Phi) is 8.06. The van der Waals surface area contributed by atoms with Crippen molar-refractivity contribution in [3.05, 3.63) is 101 Å². The molecule has 0 aliphatic carbocycles. The number of benzene rings is 3. The Balaban J connectivity index is 1.90. The quantitative estimate of drug-likeness (QED) is 0.277. The van der Waals surface area contributed by atoms with Gasteiger partial charge in [0.1, 0.15) is 0 Å². The van der Waals surface area contributed by atoms with E-state index in [1.165, 1.54) is 14.2 Å². The van der Waals surface area contributed by atoms with Crippen LogP contribution >= 0.6 is 0 Å². The van der Waals surface area contributed by atoms with Gasteiger partial charge in [0.2, 0.25) is 0 Å². The molecule has 0 saturated heterocycles. The van der Waals surface area contributed by atoms with Crippen LogP contribution in [0.4, 0.5) is 14.5 Å². The van der Waals surface area contributed by atoms with E-state index in [4.69, 9.17) is 14.2 Å². The van der Waals surface area contributed by atoms with Crippen LogP contribution in [0.5, 0.6) is 11.5 Å². The van der Waals surface area contributed by atoms with Crippen LogP contribution in [0, 0.1) is 11.6 Å². The Labute approximate surface area is 218 Å². The average molecular weight is 521 g/mol. The van der Waals surface area contributed by atoms with Gasteiger partial charge in [0.25, 0.3) is 5.91 Å². The van der Waals surface area contributed by atoms with E-state index in [2.05, 4.69) is 5.32 Å². The molecule has 1 aromatic heterocycles. The Morgan fingerprint density at radius 1 is 0.895 bits per heavy atom. The second-order valence-corrected chi connectivity index (χ2v) is 8.25. The third kappa shape index (κ3) is 5.51. The van der Waals surface area contributed by atoms with Crippen LogP contribution in [-0.4, -0.2) is 37.3 Å². The topological polar surface area (TPSA) is 78.8 Å². The molecule has 38 heavy (non-hydrogen) atoms. The van der Waals surface area contributed by atoms with Crippen LogP contribution < -0.4 is 14.8 Å². The van der Waals surface area contributed by atoms with Gasteiger partial charge in [0.05, 0.1) is 26.5 Å². The van der Waals surface area contributed by atoms with Crippen molar-refractivity contribution in [2.75, 3.05) is 26.1 Å². The number of halogens is 2. The van der Waals surface area contributed by atoms with Gasteiger partial charge in [-0.3, -0.25) is 4.79 Å². The Bertz CT molecular complexity index is 1470. The number of carbonyl (C=O) groups excluding carboxylic acids is 2. The summed E-state index contributed by atoms with van der Waals surface area (Å²) in [6, 6.07) is 17.5. The number of anilines is 1. The van der Waals surface area contributed by atoms with Crippen molar-refractivity contribution in [1.29, 1.82) is 0 Å². The van der Waals surface area contributed by atoms with Crippen molar-refractivity contribution in [2.24, 2.45) is 0 Å². The lowest BCUT2D eigenvalue weighted by Crippen LogP contribution is -2.18. The summed E-state index contributed by atoms with van der Waals surface area (Å²) < 4.78 is 45.1. The first kappa shape index (κ1) is 26.4. The summed E-state index contributed by atoms with van der Waals surface area (Å²) >= 11 is 0. The maximum Gasteiger partial charge on any atom is 0.357 e. The average Bonchev–Trinajstić information content (AvgIpc) is 3.27. The molecule has 0 saturated carbocycles. The van der Waals surface area contributed by atoms with Crippen LogP contribution in [0.2, 0.25) is 0 Å². The summed E-state index contributed by atoms with van der Waals surface area (Å²) in [6.45, 7) is 2.09. The Morgan fingerprint density at radius 2 is 1.63 bits per heavy atom. The monoisotopic (exact) mass is 520 g/mol. The van der Waals surface area contributed by atoms with E-state index in [9.17, 15) is 18.4 Å². The van der Waals surface area contributed by atoms with Crippen molar-refractivity contribution >= 4 is 17.6 Å². The molecule has 9 heteroatoms. The van der Waals surface area contributed by atoms with Crippen molar-refractivity contribution in [3.8, 4) is 22.6 Å². The zero-order valence-electron chi connectivity index (χ0n) is 21.1. The number of ether oxygens (including phenoxy) is 3. The first-order valence-electron chi connectivity index (χ1n) is 11.8. The summed E-state index contributed by atoms with van der Waals surface area (Å²) in [5, 5.41) is 2.73. The smallest absolute Gasteiger partial charge is 0.357 e. The molecule has 0 bridgehead atoms. The Hall–Kier alpha value is -4.66.